The number of amides is 1. The Bertz CT molecular complexity index is 723. The highest BCUT2D eigenvalue weighted by molar-refractivity contribution is 5.82. The largest absolute Gasteiger partial charge is 0.353 e. The van der Waals surface area contributed by atoms with Gasteiger partial charge in [0.1, 0.15) is 0 Å². The Labute approximate surface area is 173 Å². The number of hydrogen-bond acceptors (Lipinski definition) is 6. The number of halogens is 1. The van der Waals surface area contributed by atoms with E-state index >= 15 is 0 Å². The van der Waals surface area contributed by atoms with Gasteiger partial charge in [-0.05, 0) is 24.8 Å². The summed E-state index contributed by atoms with van der Waals surface area (Å²) in [4.78, 5) is 11.6. The van der Waals surface area contributed by atoms with Crippen LogP contribution < -0.4 is 29.4 Å². The summed E-state index contributed by atoms with van der Waals surface area (Å²) in [6.45, 7) is 1.63. The molecular formula is C20H28ClN3O5. The van der Waals surface area contributed by atoms with Gasteiger partial charge in [-0.3, -0.25) is 4.79 Å². The number of nitrogens with one attached hydrogen (secondary N) is 2. The van der Waals surface area contributed by atoms with Crippen LogP contribution in [-0.4, -0.2) is 34.4 Å². The zero-order valence-electron chi connectivity index (χ0n) is 16.5. The second kappa shape index (κ2) is 9.40. The van der Waals surface area contributed by atoms with E-state index in [4.69, 9.17) is 18.6 Å². The number of hydrazone groups is 1. The molecule has 2 aliphatic heterocycles. The van der Waals surface area contributed by atoms with Crippen molar-refractivity contribution < 1.29 is 38.4 Å². The van der Waals surface area contributed by atoms with Crippen LogP contribution in [0.5, 0.6) is 0 Å². The molecule has 160 valence electrons. The number of nitrogens with zero attached hydrogens (tertiary/aromatic N) is 1. The number of carbonyl (C=O) groups is 1. The SMILES string of the molecule is CC(=O)N[C@H]1CC/C(=[N+]2/NC3CCC2CC3)C[C@@H]1c1ccccc1.[O-][Cl+3]([O-])([O-])[O-]. The Morgan fingerprint density at radius 3 is 2.21 bits per heavy atom. The van der Waals surface area contributed by atoms with Gasteiger partial charge in [-0.2, -0.15) is 5.43 Å². The van der Waals surface area contributed by atoms with Gasteiger partial charge in [0.25, 0.3) is 0 Å². The molecule has 4 aliphatic rings. The van der Waals surface area contributed by atoms with E-state index in [1.165, 1.54) is 31.2 Å². The predicted molar refractivity (Wildman–Crippen MR) is 95.1 cm³/mol. The van der Waals surface area contributed by atoms with Crippen molar-refractivity contribution in [2.45, 2.75) is 75.9 Å². The van der Waals surface area contributed by atoms with Gasteiger partial charge in [0.15, 0.2) is 11.8 Å². The lowest BCUT2D eigenvalue weighted by molar-refractivity contribution is -2.00. The van der Waals surface area contributed by atoms with Gasteiger partial charge in [-0.1, -0.05) is 30.3 Å². The van der Waals surface area contributed by atoms with E-state index in [-0.39, 0.29) is 11.9 Å². The third-order valence-electron chi connectivity index (χ3n) is 6.03. The maximum absolute atomic E-state index is 11.6. The lowest BCUT2D eigenvalue weighted by Gasteiger charge is -2.38. The molecule has 2 atom stereocenters. The summed E-state index contributed by atoms with van der Waals surface area (Å²) in [6, 6.07) is 12.3. The monoisotopic (exact) mass is 425 g/mol. The molecule has 29 heavy (non-hydrogen) atoms. The number of hydrogen-bond donors (Lipinski definition) is 2. The Kier molecular flexibility index (Phi) is 7.13. The molecule has 1 aromatic rings. The van der Waals surface area contributed by atoms with Crippen LogP contribution in [0.4, 0.5) is 0 Å². The Morgan fingerprint density at radius 2 is 1.69 bits per heavy atom. The zero-order chi connectivity index (χ0) is 21.0. The van der Waals surface area contributed by atoms with Gasteiger partial charge < -0.3 is 5.32 Å². The summed E-state index contributed by atoms with van der Waals surface area (Å²) in [7, 11) is -4.94. The highest BCUT2D eigenvalue weighted by atomic mass is 35.7. The van der Waals surface area contributed by atoms with Crippen LogP contribution in [0.2, 0.25) is 0 Å². The van der Waals surface area contributed by atoms with Crippen molar-refractivity contribution in [2.24, 2.45) is 0 Å². The normalized spacial score (nSPS) is 31.3. The molecule has 2 bridgehead atoms. The minimum absolute atomic E-state index is 0.0829. The number of fused-ring (bicyclic) bond motifs is 3. The van der Waals surface area contributed by atoms with Crippen molar-refractivity contribution in [2.75, 3.05) is 0 Å². The fourth-order valence-corrected chi connectivity index (χ4v) is 4.84. The molecule has 0 unspecified atom stereocenters. The first-order valence-corrected chi connectivity index (χ1v) is 11.3. The molecule has 9 heteroatoms. The third kappa shape index (κ3) is 6.38. The molecule has 2 saturated carbocycles. The van der Waals surface area contributed by atoms with Gasteiger partial charge in [-0.25, -0.2) is 18.6 Å². The number of rotatable bonds is 2. The van der Waals surface area contributed by atoms with Crippen molar-refractivity contribution in [3.8, 4) is 0 Å². The van der Waals surface area contributed by atoms with E-state index in [9.17, 15) is 4.79 Å². The highest BCUT2D eigenvalue weighted by Gasteiger charge is 2.42. The molecular weight excluding hydrogens is 398 g/mol. The highest BCUT2D eigenvalue weighted by Crippen LogP contribution is 2.34. The number of benzene rings is 1. The van der Waals surface area contributed by atoms with Crippen molar-refractivity contribution in [3.63, 3.8) is 0 Å². The Balaban J connectivity index is 0.000000431. The van der Waals surface area contributed by atoms with Crippen LogP contribution in [0.1, 0.15) is 63.4 Å². The average molecular weight is 426 g/mol. The van der Waals surface area contributed by atoms with Crippen molar-refractivity contribution >= 4 is 11.6 Å². The number of hydrazine groups is 1. The van der Waals surface area contributed by atoms with Gasteiger partial charge in [0, 0.05) is 44.6 Å². The second-order valence-electron chi connectivity index (χ2n) is 8.02. The maximum atomic E-state index is 11.6. The first kappa shape index (κ1) is 22.0. The molecule has 1 aromatic carbocycles. The Hall–Kier alpha value is -1.71. The van der Waals surface area contributed by atoms with E-state index in [0.29, 0.717) is 18.0 Å². The first-order chi connectivity index (χ1) is 13.7. The molecule has 2 aliphatic carbocycles. The molecule has 5 rings (SSSR count). The fourth-order valence-electron chi connectivity index (χ4n) is 4.84. The maximum Gasteiger partial charge on any atom is 0.217 e. The molecule has 2 heterocycles. The lowest BCUT2D eigenvalue weighted by atomic mass is 9.78. The summed E-state index contributed by atoms with van der Waals surface area (Å²) in [5.41, 5.74) is 6.64. The number of carbonyl (C=O) groups excluding carboxylic acids is 1. The predicted octanol–water partition coefficient (Wildman–Crippen LogP) is -2.01. The van der Waals surface area contributed by atoms with Crippen LogP contribution in [0.3, 0.4) is 0 Å². The zero-order valence-corrected chi connectivity index (χ0v) is 17.3. The van der Waals surface area contributed by atoms with Crippen LogP contribution in [0, 0.1) is 10.2 Å². The fraction of sp³-hybridized carbons (Fsp3) is 0.600. The van der Waals surface area contributed by atoms with Gasteiger partial charge in [0.05, 0.1) is 6.04 Å². The molecule has 2 N–H and O–H groups in total. The minimum atomic E-state index is -4.94. The van der Waals surface area contributed by atoms with Crippen LogP contribution in [0.25, 0.3) is 0 Å². The topological polar surface area (TPSA) is 136 Å². The molecule has 0 aromatic heterocycles. The van der Waals surface area contributed by atoms with Crippen LogP contribution in [-0.2, 0) is 4.79 Å². The smallest absolute Gasteiger partial charge is 0.217 e. The quantitative estimate of drug-likeness (QED) is 0.525. The second-order valence-corrected chi connectivity index (χ2v) is 8.77. The summed E-state index contributed by atoms with van der Waals surface area (Å²) < 4.78 is 36.5. The van der Waals surface area contributed by atoms with E-state index in [2.05, 4.69) is 45.8 Å². The van der Waals surface area contributed by atoms with Gasteiger partial charge >= 0.3 is 0 Å². The summed E-state index contributed by atoms with van der Waals surface area (Å²) in [5.74, 6) is 0.459. The lowest BCUT2D eigenvalue weighted by Crippen LogP contribution is -2.68. The minimum Gasteiger partial charge on any atom is -0.353 e. The standard InChI is InChI=1S/C20H27N3O.ClHO4/c1-14(24)21-20-12-11-18(13-19(20)15-5-3-2-4-6-15)23-17-9-7-16(22-23)8-10-17;2-1(3,4)5/h2-6,16-17,19-20,22H,7-13H2,1H3;(H,2,3,4,5)/b23-18-;/t16?,17?,19-,20+;/m1./s1. The summed E-state index contributed by atoms with van der Waals surface area (Å²) >= 11 is 0. The summed E-state index contributed by atoms with van der Waals surface area (Å²) in [6.07, 6.45) is 8.47. The molecule has 2 saturated heterocycles. The van der Waals surface area contributed by atoms with E-state index in [0.717, 1.165) is 19.3 Å². The van der Waals surface area contributed by atoms with Crippen molar-refractivity contribution in [3.05, 3.63) is 35.9 Å². The molecule has 0 radical (unpaired) electrons. The molecule has 1 amide bonds. The van der Waals surface area contributed by atoms with Crippen LogP contribution >= 0.6 is 0 Å². The molecule has 0 spiro atoms. The average Bonchev–Trinajstić information content (AvgIpc) is 2.68. The van der Waals surface area contributed by atoms with E-state index < -0.39 is 10.2 Å². The van der Waals surface area contributed by atoms with Crippen molar-refractivity contribution in [1.29, 1.82) is 0 Å². The van der Waals surface area contributed by atoms with Crippen molar-refractivity contribution in [1.82, 2.24) is 10.7 Å². The molecule has 4 fully saturated rings. The van der Waals surface area contributed by atoms with Crippen LogP contribution in [0.15, 0.2) is 30.3 Å². The Morgan fingerprint density at radius 1 is 1.07 bits per heavy atom. The van der Waals surface area contributed by atoms with Gasteiger partial charge in [-0.15, -0.1) is 14.9 Å². The van der Waals surface area contributed by atoms with E-state index in [1.54, 1.807) is 12.6 Å². The van der Waals surface area contributed by atoms with E-state index in [1.807, 2.05) is 0 Å². The van der Waals surface area contributed by atoms with Gasteiger partial charge in [0.2, 0.25) is 5.91 Å². The first-order valence-electron chi connectivity index (χ1n) is 10.0. The third-order valence-corrected chi connectivity index (χ3v) is 6.03. The molecule has 8 nitrogen and oxygen atoms in total. The summed E-state index contributed by atoms with van der Waals surface area (Å²) in [5, 5.41) is 3.20.